The van der Waals surface area contributed by atoms with Crippen molar-refractivity contribution in [3.63, 3.8) is 0 Å². The highest BCUT2D eigenvalue weighted by atomic mass is 35.5. The van der Waals surface area contributed by atoms with Crippen LogP contribution in [0.1, 0.15) is 22.4 Å². The second kappa shape index (κ2) is 9.89. The molecule has 34 heavy (non-hydrogen) atoms. The molecule has 0 aliphatic carbocycles. The van der Waals surface area contributed by atoms with Crippen LogP contribution in [0.5, 0.6) is 0 Å². The Bertz CT molecular complexity index is 1110. The van der Waals surface area contributed by atoms with Crippen LogP contribution in [0.15, 0.2) is 66.9 Å². The Labute approximate surface area is 195 Å². The Morgan fingerprint density at radius 3 is 2.12 bits per heavy atom. The first-order chi connectivity index (χ1) is 15.8. The van der Waals surface area contributed by atoms with Gasteiger partial charge in [-0.05, 0) is 41.5 Å². The van der Waals surface area contributed by atoms with Gasteiger partial charge in [-0.15, -0.1) is 0 Å². The zero-order valence-corrected chi connectivity index (χ0v) is 18.0. The fourth-order valence-electron chi connectivity index (χ4n) is 3.51. The topological polar surface area (TPSA) is 45.1 Å². The van der Waals surface area contributed by atoms with Crippen molar-refractivity contribution in [1.29, 1.82) is 0 Å². The minimum atomic E-state index is -5.00. The molecule has 0 bridgehead atoms. The summed E-state index contributed by atoms with van der Waals surface area (Å²) in [6.45, 7) is -1.10. The van der Waals surface area contributed by atoms with Crippen LogP contribution in [0.4, 0.5) is 30.7 Å². The van der Waals surface area contributed by atoms with Crippen molar-refractivity contribution in [3.05, 3.63) is 100 Å². The number of aromatic nitrogens is 1. The number of aliphatic hydroxyl groups excluding tert-OH is 1. The predicted molar refractivity (Wildman–Crippen MR) is 112 cm³/mol. The average Bonchev–Trinajstić information content (AvgIpc) is 2.76. The summed E-state index contributed by atoms with van der Waals surface area (Å²) in [5.74, 6) is -1.24. The highest BCUT2D eigenvalue weighted by molar-refractivity contribution is 6.30. The lowest BCUT2D eigenvalue weighted by Crippen LogP contribution is -2.51. The third-order valence-corrected chi connectivity index (χ3v) is 5.39. The van der Waals surface area contributed by atoms with Crippen LogP contribution in [-0.2, 0) is 18.1 Å². The van der Waals surface area contributed by atoms with Gasteiger partial charge in [-0.3, -0.25) is 10.3 Å². The maximum absolute atomic E-state index is 14.4. The molecule has 0 aliphatic heterocycles. The van der Waals surface area contributed by atoms with Crippen molar-refractivity contribution in [2.75, 3.05) is 6.54 Å². The molecule has 2 aromatic carbocycles. The molecule has 2 N–H and O–H groups in total. The van der Waals surface area contributed by atoms with E-state index in [0.717, 1.165) is 6.07 Å². The maximum Gasteiger partial charge on any atom is 0.416 e. The highest BCUT2D eigenvalue weighted by Crippen LogP contribution is 2.38. The van der Waals surface area contributed by atoms with Gasteiger partial charge in [0.15, 0.2) is 6.10 Å². The number of benzene rings is 2. The molecule has 0 unspecified atom stereocenters. The van der Waals surface area contributed by atoms with Gasteiger partial charge in [-0.2, -0.15) is 26.3 Å². The van der Waals surface area contributed by atoms with Gasteiger partial charge in [0.05, 0.1) is 21.8 Å². The van der Waals surface area contributed by atoms with Crippen molar-refractivity contribution in [1.82, 2.24) is 10.3 Å². The molecule has 0 aliphatic rings. The standard InChI is InChI=1S/C23H18ClF7N2O/c24-17-6-7-19(32-12-17)21(11-14-4-2-1-3-5-14,33-13-20(34)23(29,30)31)15-8-16(22(26,27)28)10-18(25)9-15/h1-10,12,20,33-34H,11,13H2/t20-,21+/m1/s1. The fraction of sp³-hybridized carbons (Fsp3) is 0.261. The molecule has 11 heteroatoms. The molecule has 3 rings (SSSR count). The number of nitrogens with zero attached hydrogens (tertiary/aromatic N) is 1. The van der Waals surface area contributed by atoms with E-state index in [1.54, 1.807) is 30.3 Å². The zero-order chi connectivity index (χ0) is 25.1. The molecule has 3 nitrogen and oxygen atoms in total. The molecule has 182 valence electrons. The van der Waals surface area contributed by atoms with Gasteiger partial charge in [0.2, 0.25) is 0 Å². The summed E-state index contributed by atoms with van der Waals surface area (Å²) in [7, 11) is 0. The molecule has 0 amide bonds. The van der Waals surface area contributed by atoms with E-state index < -0.39 is 41.9 Å². The number of alkyl halides is 6. The minimum Gasteiger partial charge on any atom is -0.382 e. The van der Waals surface area contributed by atoms with Crippen molar-refractivity contribution in [3.8, 4) is 0 Å². The Morgan fingerprint density at radius 2 is 1.56 bits per heavy atom. The summed E-state index contributed by atoms with van der Waals surface area (Å²) in [6, 6.07) is 12.6. The molecule has 0 fully saturated rings. The van der Waals surface area contributed by atoms with Crippen LogP contribution in [0.2, 0.25) is 5.02 Å². The molecule has 0 saturated carbocycles. The van der Waals surface area contributed by atoms with Crippen molar-refractivity contribution in [2.24, 2.45) is 0 Å². The summed E-state index contributed by atoms with van der Waals surface area (Å²) >= 11 is 5.89. The summed E-state index contributed by atoms with van der Waals surface area (Å²) in [4.78, 5) is 4.12. The third-order valence-electron chi connectivity index (χ3n) is 5.17. The zero-order valence-electron chi connectivity index (χ0n) is 17.3. The van der Waals surface area contributed by atoms with Crippen LogP contribution >= 0.6 is 11.6 Å². The molecule has 0 saturated heterocycles. The highest BCUT2D eigenvalue weighted by Gasteiger charge is 2.43. The number of aliphatic hydroxyl groups is 1. The second-order valence-corrected chi connectivity index (χ2v) is 8.03. The Balaban J connectivity index is 2.26. The van der Waals surface area contributed by atoms with Gasteiger partial charge in [0.25, 0.3) is 0 Å². The van der Waals surface area contributed by atoms with Crippen molar-refractivity contribution >= 4 is 11.6 Å². The first kappa shape index (κ1) is 25.9. The molecule has 0 spiro atoms. The van der Waals surface area contributed by atoms with E-state index in [9.17, 15) is 35.8 Å². The molecule has 2 atom stereocenters. The van der Waals surface area contributed by atoms with Crippen molar-refractivity contribution in [2.45, 2.75) is 30.4 Å². The summed E-state index contributed by atoms with van der Waals surface area (Å²) < 4.78 is 94.0. The van der Waals surface area contributed by atoms with Crippen LogP contribution in [-0.4, -0.2) is 28.9 Å². The van der Waals surface area contributed by atoms with Crippen molar-refractivity contribution < 1.29 is 35.8 Å². The van der Waals surface area contributed by atoms with E-state index in [-0.39, 0.29) is 28.8 Å². The average molecular weight is 507 g/mol. The molecular formula is C23H18ClF7N2O. The number of hydrogen-bond acceptors (Lipinski definition) is 3. The Kier molecular flexibility index (Phi) is 7.54. The van der Waals surface area contributed by atoms with Crippen LogP contribution in [0.3, 0.4) is 0 Å². The minimum absolute atomic E-state index is 0.0196. The lowest BCUT2D eigenvalue weighted by molar-refractivity contribution is -0.202. The molecule has 3 aromatic rings. The SMILES string of the molecule is O[C@H](CN[C@@](Cc1ccccc1)(c1cc(F)cc(C(F)(F)F)c1)c1ccc(Cl)cn1)C(F)(F)F. The largest absolute Gasteiger partial charge is 0.416 e. The number of halogens is 8. The third kappa shape index (κ3) is 6.05. The van der Waals surface area contributed by atoms with E-state index in [0.29, 0.717) is 11.6 Å². The summed E-state index contributed by atoms with van der Waals surface area (Å²) in [5.41, 5.74) is -3.06. The van der Waals surface area contributed by atoms with E-state index >= 15 is 0 Å². The van der Waals surface area contributed by atoms with Gasteiger partial charge < -0.3 is 5.11 Å². The van der Waals surface area contributed by atoms with Gasteiger partial charge in [0, 0.05) is 19.2 Å². The number of rotatable bonds is 7. The van der Waals surface area contributed by atoms with E-state index in [2.05, 4.69) is 10.3 Å². The van der Waals surface area contributed by atoms with Crippen LogP contribution in [0, 0.1) is 5.82 Å². The number of nitrogens with one attached hydrogen (secondary N) is 1. The molecule has 0 radical (unpaired) electrons. The smallest absolute Gasteiger partial charge is 0.382 e. The van der Waals surface area contributed by atoms with Crippen LogP contribution in [0.25, 0.3) is 0 Å². The summed E-state index contributed by atoms with van der Waals surface area (Å²) in [5, 5.41) is 12.3. The number of hydrogen-bond donors (Lipinski definition) is 2. The Morgan fingerprint density at radius 1 is 0.912 bits per heavy atom. The molecular weight excluding hydrogens is 489 g/mol. The Hall–Kier alpha value is -2.69. The second-order valence-electron chi connectivity index (χ2n) is 7.59. The van der Waals surface area contributed by atoms with Gasteiger partial charge in [-0.1, -0.05) is 41.9 Å². The van der Waals surface area contributed by atoms with Gasteiger partial charge >= 0.3 is 12.4 Å². The van der Waals surface area contributed by atoms with Crippen LogP contribution < -0.4 is 5.32 Å². The predicted octanol–water partition coefficient (Wildman–Crippen LogP) is 5.89. The monoisotopic (exact) mass is 506 g/mol. The quantitative estimate of drug-likeness (QED) is 0.393. The summed E-state index contributed by atoms with van der Waals surface area (Å²) in [6.07, 6.45) is -11.8. The van der Waals surface area contributed by atoms with Gasteiger partial charge in [-0.25, -0.2) is 4.39 Å². The lowest BCUT2D eigenvalue weighted by Gasteiger charge is -2.37. The fourth-order valence-corrected chi connectivity index (χ4v) is 3.62. The number of pyridine rings is 1. The van der Waals surface area contributed by atoms with Gasteiger partial charge in [0.1, 0.15) is 5.82 Å². The first-order valence-electron chi connectivity index (χ1n) is 9.85. The maximum atomic E-state index is 14.4. The first-order valence-corrected chi connectivity index (χ1v) is 10.2. The lowest BCUT2D eigenvalue weighted by atomic mass is 9.79. The van der Waals surface area contributed by atoms with E-state index in [4.69, 9.17) is 11.6 Å². The normalized spacial score (nSPS) is 15.1. The molecule has 1 aromatic heterocycles. The van der Waals surface area contributed by atoms with E-state index in [1.807, 2.05) is 0 Å². The molecule has 1 heterocycles. The van der Waals surface area contributed by atoms with E-state index in [1.165, 1.54) is 18.3 Å².